The Labute approximate surface area is 158 Å². The third-order valence-electron chi connectivity index (χ3n) is 3.90. The molecule has 0 atom stereocenters. The molecule has 0 spiro atoms. The fraction of sp³-hybridized carbons (Fsp3) is 0.190. The van der Waals surface area contributed by atoms with Crippen LogP contribution in [0.3, 0.4) is 0 Å². The van der Waals surface area contributed by atoms with E-state index in [-0.39, 0.29) is 23.9 Å². The van der Waals surface area contributed by atoms with Crippen LogP contribution < -0.4 is 16.0 Å². The van der Waals surface area contributed by atoms with Gasteiger partial charge in [0.25, 0.3) is 5.91 Å². The average Bonchev–Trinajstić information content (AvgIpc) is 2.64. The van der Waals surface area contributed by atoms with Crippen LogP contribution in [0, 0.1) is 6.92 Å². The van der Waals surface area contributed by atoms with Gasteiger partial charge in [0, 0.05) is 19.7 Å². The molecule has 6 nitrogen and oxygen atoms in total. The van der Waals surface area contributed by atoms with Crippen molar-refractivity contribution in [3.05, 3.63) is 70.9 Å². The third kappa shape index (κ3) is 6.11. The van der Waals surface area contributed by atoms with Crippen LogP contribution in [0.1, 0.15) is 23.6 Å². The molecule has 0 saturated heterocycles. The number of carbonyl (C=O) groups excluding carboxylic acids is 3. The Morgan fingerprint density at radius 2 is 1.67 bits per heavy atom. The highest BCUT2D eigenvalue weighted by Crippen LogP contribution is 2.14. The van der Waals surface area contributed by atoms with Gasteiger partial charge in [-0.25, -0.2) is 0 Å². The SMILES string of the molecule is CNC(=O)Cc1ccc(NC(=O)/C(=C\c2ccccc2C)NC(C)=O)cc1. The Kier molecular flexibility index (Phi) is 6.88. The summed E-state index contributed by atoms with van der Waals surface area (Å²) in [6.07, 6.45) is 1.92. The zero-order valence-corrected chi connectivity index (χ0v) is 15.6. The lowest BCUT2D eigenvalue weighted by molar-refractivity contribution is -0.120. The van der Waals surface area contributed by atoms with E-state index < -0.39 is 5.91 Å². The van der Waals surface area contributed by atoms with Gasteiger partial charge in [-0.3, -0.25) is 14.4 Å². The number of hydrogen-bond donors (Lipinski definition) is 3. The lowest BCUT2D eigenvalue weighted by Gasteiger charge is -2.11. The summed E-state index contributed by atoms with van der Waals surface area (Å²) in [5.74, 6) is -0.834. The van der Waals surface area contributed by atoms with Crippen molar-refractivity contribution in [1.29, 1.82) is 0 Å². The summed E-state index contributed by atoms with van der Waals surface area (Å²) in [5.41, 5.74) is 3.40. The molecule has 0 heterocycles. The van der Waals surface area contributed by atoms with Gasteiger partial charge in [-0.05, 0) is 41.8 Å². The quantitative estimate of drug-likeness (QED) is 0.687. The Hall–Kier alpha value is -3.41. The maximum absolute atomic E-state index is 12.6. The van der Waals surface area contributed by atoms with Gasteiger partial charge in [-0.1, -0.05) is 36.4 Å². The molecular weight excluding hydrogens is 342 g/mol. The summed E-state index contributed by atoms with van der Waals surface area (Å²) in [4.78, 5) is 35.5. The molecule has 0 aliphatic carbocycles. The molecule has 2 aromatic carbocycles. The Morgan fingerprint density at radius 3 is 2.26 bits per heavy atom. The summed E-state index contributed by atoms with van der Waals surface area (Å²) < 4.78 is 0. The third-order valence-corrected chi connectivity index (χ3v) is 3.90. The van der Waals surface area contributed by atoms with Gasteiger partial charge in [-0.15, -0.1) is 0 Å². The molecule has 0 fully saturated rings. The Balaban J connectivity index is 2.17. The van der Waals surface area contributed by atoms with Crippen molar-refractivity contribution in [2.75, 3.05) is 12.4 Å². The van der Waals surface area contributed by atoms with E-state index in [1.165, 1.54) is 6.92 Å². The molecule has 0 aliphatic rings. The van der Waals surface area contributed by atoms with Gasteiger partial charge >= 0.3 is 0 Å². The van der Waals surface area contributed by atoms with Crippen molar-refractivity contribution in [2.24, 2.45) is 0 Å². The maximum Gasteiger partial charge on any atom is 0.272 e. The van der Waals surface area contributed by atoms with Crippen LogP contribution in [0.25, 0.3) is 6.08 Å². The molecule has 2 rings (SSSR count). The van der Waals surface area contributed by atoms with Crippen LogP contribution in [-0.4, -0.2) is 24.8 Å². The minimum Gasteiger partial charge on any atom is -0.359 e. The van der Waals surface area contributed by atoms with Gasteiger partial charge in [0.15, 0.2) is 0 Å². The van der Waals surface area contributed by atoms with Gasteiger partial charge in [0.1, 0.15) is 5.70 Å². The van der Waals surface area contributed by atoms with E-state index in [4.69, 9.17) is 0 Å². The fourth-order valence-electron chi connectivity index (χ4n) is 2.43. The minimum atomic E-state index is -0.424. The number of nitrogens with one attached hydrogen (secondary N) is 3. The highest BCUT2D eigenvalue weighted by Gasteiger charge is 2.12. The first-order valence-corrected chi connectivity index (χ1v) is 8.55. The molecule has 2 aromatic rings. The first-order chi connectivity index (χ1) is 12.9. The topological polar surface area (TPSA) is 87.3 Å². The Bertz CT molecular complexity index is 870. The van der Waals surface area contributed by atoms with Crippen LogP contribution in [0.2, 0.25) is 0 Å². The molecule has 0 aromatic heterocycles. The zero-order chi connectivity index (χ0) is 19.8. The fourth-order valence-corrected chi connectivity index (χ4v) is 2.43. The number of amides is 3. The summed E-state index contributed by atoms with van der Waals surface area (Å²) in [6, 6.07) is 14.6. The normalized spacial score (nSPS) is 10.9. The first-order valence-electron chi connectivity index (χ1n) is 8.55. The number of aryl methyl sites for hydroxylation is 1. The van der Waals surface area contributed by atoms with Crippen molar-refractivity contribution >= 4 is 29.5 Å². The summed E-state index contributed by atoms with van der Waals surface area (Å²) >= 11 is 0. The second-order valence-electron chi connectivity index (χ2n) is 6.10. The van der Waals surface area contributed by atoms with Crippen LogP contribution in [0.4, 0.5) is 5.69 Å². The molecule has 0 unspecified atom stereocenters. The Morgan fingerprint density at radius 1 is 1.00 bits per heavy atom. The number of carbonyl (C=O) groups is 3. The van der Waals surface area contributed by atoms with Crippen LogP contribution in [0.15, 0.2) is 54.2 Å². The summed E-state index contributed by atoms with van der Waals surface area (Å²) in [7, 11) is 1.58. The number of rotatable bonds is 6. The lowest BCUT2D eigenvalue weighted by Crippen LogP contribution is -2.29. The van der Waals surface area contributed by atoms with Crippen LogP contribution >= 0.6 is 0 Å². The molecule has 0 radical (unpaired) electrons. The van der Waals surface area contributed by atoms with E-state index in [9.17, 15) is 14.4 Å². The molecule has 27 heavy (non-hydrogen) atoms. The molecule has 3 amide bonds. The minimum absolute atomic E-state index is 0.0825. The predicted octanol–water partition coefficient (Wildman–Crippen LogP) is 2.40. The number of benzene rings is 2. The van der Waals surface area contributed by atoms with E-state index in [0.29, 0.717) is 5.69 Å². The highest BCUT2D eigenvalue weighted by atomic mass is 16.2. The van der Waals surface area contributed by atoms with Crippen molar-refractivity contribution < 1.29 is 14.4 Å². The molecule has 6 heteroatoms. The molecule has 140 valence electrons. The molecule has 3 N–H and O–H groups in total. The second kappa shape index (κ2) is 9.33. The van der Waals surface area contributed by atoms with Crippen molar-refractivity contribution in [1.82, 2.24) is 10.6 Å². The van der Waals surface area contributed by atoms with Crippen molar-refractivity contribution in [3.8, 4) is 0 Å². The second-order valence-corrected chi connectivity index (χ2v) is 6.10. The summed E-state index contributed by atoms with van der Waals surface area (Å²) in [5, 5.41) is 7.90. The molecule has 0 bridgehead atoms. The maximum atomic E-state index is 12.6. The van der Waals surface area contributed by atoms with E-state index in [1.807, 2.05) is 31.2 Å². The van der Waals surface area contributed by atoms with Crippen molar-refractivity contribution in [2.45, 2.75) is 20.3 Å². The largest absolute Gasteiger partial charge is 0.359 e. The standard InChI is InChI=1S/C21H23N3O3/c1-14-6-4-5-7-17(14)13-19(23-15(2)25)21(27)24-18-10-8-16(9-11-18)12-20(26)22-3/h4-11,13H,12H2,1-3H3,(H,22,26)(H,23,25)(H,24,27)/b19-13+. The van der Waals surface area contributed by atoms with E-state index in [0.717, 1.165) is 16.7 Å². The van der Waals surface area contributed by atoms with Gasteiger partial charge < -0.3 is 16.0 Å². The van der Waals surface area contributed by atoms with E-state index in [1.54, 1.807) is 37.4 Å². The number of hydrogen-bond acceptors (Lipinski definition) is 3. The number of likely N-dealkylation sites (N-methyl/N-ethyl adjacent to an activating group) is 1. The van der Waals surface area contributed by atoms with Crippen molar-refractivity contribution in [3.63, 3.8) is 0 Å². The summed E-state index contributed by atoms with van der Waals surface area (Å²) in [6.45, 7) is 3.28. The lowest BCUT2D eigenvalue weighted by atomic mass is 10.1. The molecule has 0 saturated carbocycles. The van der Waals surface area contributed by atoms with Crippen LogP contribution in [-0.2, 0) is 20.8 Å². The van der Waals surface area contributed by atoms with Gasteiger partial charge in [0.2, 0.25) is 11.8 Å². The first kappa shape index (κ1) is 19.9. The number of anilines is 1. The predicted molar refractivity (Wildman–Crippen MR) is 106 cm³/mol. The van der Waals surface area contributed by atoms with Gasteiger partial charge in [-0.2, -0.15) is 0 Å². The van der Waals surface area contributed by atoms with E-state index >= 15 is 0 Å². The van der Waals surface area contributed by atoms with Gasteiger partial charge in [0.05, 0.1) is 6.42 Å². The molecule has 0 aliphatic heterocycles. The average molecular weight is 365 g/mol. The monoisotopic (exact) mass is 365 g/mol. The highest BCUT2D eigenvalue weighted by molar-refractivity contribution is 6.08. The van der Waals surface area contributed by atoms with Crippen LogP contribution in [0.5, 0.6) is 0 Å². The van der Waals surface area contributed by atoms with E-state index in [2.05, 4.69) is 16.0 Å². The zero-order valence-electron chi connectivity index (χ0n) is 15.6. The molecular formula is C21H23N3O3. The smallest absolute Gasteiger partial charge is 0.272 e.